The second-order valence-electron chi connectivity index (χ2n) is 6.18. The summed E-state index contributed by atoms with van der Waals surface area (Å²) in [7, 11) is 0. The van der Waals surface area contributed by atoms with Gasteiger partial charge in [0, 0.05) is 12.6 Å². The predicted octanol–water partition coefficient (Wildman–Crippen LogP) is 0.883. The lowest BCUT2D eigenvalue weighted by Gasteiger charge is -2.40. The Labute approximate surface area is 118 Å². The third kappa shape index (κ3) is 2.04. The van der Waals surface area contributed by atoms with Crippen LogP contribution in [0.25, 0.3) is 0 Å². The van der Waals surface area contributed by atoms with Crippen LogP contribution < -0.4 is 0 Å². The Balaban J connectivity index is 1.80. The molecule has 0 aromatic heterocycles. The van der Waals surface area contributed by atoms with Crippen molar-refractivity contribution in [3.63, 3.8) is 0 Å². The summed E-state index contributed by atoms with van der Waals surface area (Å²) in [5.41, 5.74) is 0. The van der Waals surface area contributed by atoms with Gasteiger partial charge in [-0.3, -0.25) is 9.59 Å². The molecular weight excluding hydrogens is 258 g/mol. The molecule has 2 bridgehead atoms. The van der Waals surface area contributed by atoms with Crippen LogP contribution in [0.1, 0.15) is 25.7 Å². The number of fused-ring (bicyclic) bond motifs is 2. The summed E-state index contributed by atoms with van der Waals surface area (Å²) in [5.74, 6) is -1.88. The lowest BCUT2D eigenvalue weighted by Crippen LogP contribution is -2.50. The Kier molecular flexibility index (Phi) is 3.54. The van der Waals surface area contributed by atoms with Gasteiger partial charge < -0.3 is 15.1 Å². The number of amides is 1. The van der Waals surface area contributed by atoms with Crippen LogP contribution in [0.15, 0.2) is 12.2 Å². The molecule has 3 aliphatic rings. The molecule has 2 N–H and O–H groups in total. The van der Waals surface area contributed by atoms with Crippen molar-refractivity contribution in [3.8, 4) is 0 Å². The molecule has 0 aromatic rings. The van der Waals surface area contributed by atoms with Crippen molar-refractivity contribution in [2.75, 3.05) is 13.2 Å². The highest BCUT2D eigenvalue weighted by atomic mass is 16.4. The second kappa shape index (κ2) is 5.20. The van der Waals surface area contributed by atoms with Gasteiger partial charge in [-0.2, -0.15) is 0 Å². The first-order valence-corrected chi connectivity index (χ1v) is 7.46. The van der Waals surface area contributed by atoms with Gasteiger partial charge in [0.25, 0.3) is 0 Å². The minimum Gasteiger partial charge on any atom is -0.481 e. The summed E-state index contributed by atoms with van der Waals surface area (Å²) in [6.07, 6.45) is 7.79. The van der Waals surface area contributed by atoms with Crippen molar-refractivity contribution in [3.05, 3.63) is 12.2 Å². The number of hydrogen-bond acceptors (Lipinski definition) is 3. The van der Waals surface area contributed by atoms with E-state index < -0.39 is 17.8 Å². The number of rotatable bonds is 5. The molecule has 5 nitrogen and oxygen atoms in total. The monoisotopic (exact) mass is 279 g/mol. The summed E-state index contributed by atoms with van der Waals surface area (Å²) in [5, 5.41) is 18.6. The number of carboxylic acid groups (broad SMARTS) is 1. The molecule has 0 spiro atoms. The first-order chi connectivity index (χ1) is 9.63. The van der Waals surface area contributed by atoms with E-state index in [4.69, 9.17) is 0 Å². The van der Waals surface area contributed by atoms with E-state index in [2.05, 4.69) is 0 Å². The quantitative estimate of drug-likeness (QED) is 0.732. The summed E-state index contributed by atoms with van der Waals surface area (Å²) in [4.78, 5) is 26.0. The van der Waals surface area contributed by atoms with Crippen LogP contribution in [0.2, 0.25) is 0 Å². The molecule has 0 radical (unpaired) electrons. The zero-order valence-electron chi connectivity index (χ0n) is 11.4. The Morgan fingerprint density at radius 2 is 1.80 bits per heavy atom. The van der Waals surface area contributed by atoms with Crippen molar-refractivity contribution in [1.82, 2.24) is 4.90 Å². The Morgan fingerprint density at radius 1 is 1.15 bits per heavy atom. The molecule has 0 heterocycles. The number of carbonyl (C=O) groups excluding carboxylic acids is 1. The van der Waals surface area contributed by atoms with Gasteiger partial charge in [-0.05, 0) is 37.5 Å². The van der Waals surface area contributed by atoms with Crippen molar-refractivity contribution >= 4 is 11.9 Å². The van der Waals surface area contributed by atoms with Gasteiger partial charge in [0.05, 0.1) is 18.4 Å². The van der Waals surface area contributed by atoms with E-state index in [1.54, 1.807) is 4.90 Å². The number of allylic oxidation sites excluding steroid dienone is 2. The minimum absolute atomic E-state index is 0.00353. The highest BCUT2D eigenvalue weighted by Gasteiger charge is 2.53. The summed E-state index contributed by atoms with van der Waals surface area (Å²) in [6.45, 7) is 0.268. The van der Waals surface area contributed by atoms with Crippen LogP contribution >= 0.6 is 0 Å². The number of hydrogen-bond donors (Lipinski definition) is 2. The number of aliphatic carboxylic acids is 1. The zero-order valence-corrected chi connectivity index (χ0v) is 11.4. The third-order valence-corrected chi connectivity index (χ3v) is 5.17. The average Bonchev–Trinajstić information content (AvgIpc) is 2.95. The van der Waals surface area contributed by atoms with Crippen molar-refractivity contribution < 1.29 is 19.8 Å². The van der Waals surface area contributed by atoms with E-state index in [-0.39, 0.29) is 30.4 Å². The van der Waals surface area contributed by atoms with E-state index in [0.717, 1.165) is 25.7 Å². The van der Waals surface area contributed by atoms with E-state index >= 15 is 0 Å². The van der Waals surface area contributed by atoms with Crippen molar-refractivity contribution in [2.45, 2.75) is 31.7 Å². The number of carbonyl (C=O) groups is 2. The maximum absolute atomic E-state index is 12.8. The Morgan fingerprint density at radius 3 is 2.30 bits per heavy atom. The predicted molar refractivity (Wildman–Crippen MR) is 71.8 cm³/mol. The zero-order chi connectivity index (χ0) is 14.3. The highest BCUT2D eigenvalue weighted by molar-refractivity contribution is 5.87. The van der Waals surface area contributed by atoms with Crippen LogP contribution in [-0.4, -0.2) is 46.2 Å². The molecule has 3 aliphatic carbocycles. The van der Waals surface area contributed by atoms with Gasteiger partial charge in [-0.25, -0.2) is 0 Å². The molecule has 2 saturated carbocycles. The SMILES string of the molecule is O=C(O)[C@@H]1C2C=CC(C2)[C@@H]1C(=O)N(CCO)C1CCC1. The number of nitrogens with zero attached hydrogens (tertiary/aromatic N) is 1. The van der Waals surface area contributed by atoms with E-state index in [9.17, 15) is 19.8 Å². The first-order valence-electron chi connectivity index (χ1n) is 7.46. The van der Waals surface area contributed by atoms with Gasteiger partial charge in [-0.1, -0.05) is 12.2 Å². The maximum atomic E-state index is 12.8. The number of aliphatic hydroxyl groups is 1. The molecule has 5 heteroatoms. The van der Waals surface area contributed by atoms with Gasteiger partial charge in [0.15, 0.2) is 0 Å². The molecule has 2 unspecified atom stereocenters. The van der Waals surface area contributed by atoms with Gasteiger partial charge >= 0.3 is 5.97 Å². The third-order valence-electron chi connectivity index (χ3n) is 5.17. The van der Waals surface area contributed by atoms with Crippen LogP contribution in [0.4, 0.5) is 0 Å². The second-order valence-corrected chi connectivity index (χ2v) is 6.18. The average molecular weight is 279 g/mol. The molecule has 20 heavy (non-hydrogen) atoms. The molecular formula is C15H21NO4. The molecule has 1 amide bonds. The van der Waals surface area contributed by atoms with E-state index in [0.29, 0.717) is 6.54 Å². The normalized spacial score (nSPS) is 35.0. The first kappa shape index (κ1) is 13.6. The maximum Gasteiger partial charge on any atom is 0.307 e. The molecule has 0 aliphatic heterocycles. The fourth-order valence-corrected chi connectivity index (χ4v) is 3.97. The summed E-state index contributed by atoms with van der Waals surface area (Å²) >= 11 is 0. The smallest absolute Gasteiger partial charge is 0.307 e. The fourth-order valence-electron chi connectivity index (χ4n) is 3.97. The topological polar surface area (TPSA) is 77.8 Å². The molecule has 0 aromatic carbocycles. The Bertz CT molecular complexity index is 443. The lowest BCUT2D eigenvalue weighted by atomic mass is 9.81. The van der Waals surface area contributed by atoms with Crippen molar-refractivity contribution in [2.24, 2.45) is 23.7 Å². The van der Waals surface area contributed by atoms with Crippen LogP contribution in [-0.2, 0) is 9.59 Å². The molecule has 4 atom stereocenters. The molecule has 0 saturated heterocycles. The van der Waals surface area contributed by atoms with Gasteiger partial charge in [-0.15, -0.1) is 0 Å². The van der Waals surface area contributed by atoms with E-state index in [1.807, 2.05) is 12.2 Å². The standard InChI is InChI=1S/C15H21NO4/c17-7-6-16(11-2-1-3-11)14(18)12-9-4-5-10(8-9)13(12)15(19)20/h4-5,9-13,17H,1-3,6-8H2,(H,19,20)/t9?,10?,12-,13+/m0/s1. The minimum atomic E-state index is -0.863. The van der Waals surface area contributed by atoms with Crippen LogP contribution in [0, 0.1) is 23.7 Å². The molecule has 3 rings (SSSR count). The largest absolute Gasteiger partial charge is 0.481 e. The molecule has 2 fully saturated rings. The summed E-state index contributed by atoms with van der Waals surface area (Å²) < 4.78 is 0. The highest BCUT2D eigenvalue weighted by Crippen LogP contribution is 2.49. The number of carboxylic acids is 1. The fraction of sp³-hybridized carbons (Fsp3) is 0.733. The van der Waals surface area contributed by atoms with E-state index in [1.165, 1.54) is 0 Å². The summed E-state index contributed by atoms with van der Waals surface area (Å²) in [6, 6.07) is 0.201. The van der Waals surface area contributed by atoms with Crippen LogP contribution in [0.5, 0.6) is 0 Å². The van der Waals surface area contributed by atoms with Crippen LogP contribution in [0.3, 0.4) is 0 Å². The molecule has 110 valence electrons. The van der Waals surface area contributed by atoms with Gasteiger partial charge in [0.1, 0.15) is 0 Å². The van der Waals surface area contributed by atoms with Crippen molar-refractivity contribution in [1.29, 1.82) is 0 Å². The lowest BCUT2D eigenvalue weighted by molar-refractivity contribution is -0.153. The Hall–Kier alpha value is -1.36. The number of aliphatic hydroxyl groups excluding tert-OH is 1. The van der Waals surface area contributed by atoms with Gasteiger partial charge in [0.2, 0.25) is 5.91 Å².